The van der Waals surface area contributed by atoms with E-state index in [2.05, 4.69) is 5.32 Å². The second-order valence-corrected chi connectivity index (χ2v) is 6.34. The molecule has 1 N–H and O–H groups in total. The Kier molecular flexibility index (Phi) is 6.91. The van der Waals surface area contributed by atoms with Crippen molar-refractivity contribution >= 4 is 17.5 Å². The van der Waals surface area contributed by atoms with Crippen LogP contribution in [0.1, 0.15) is 10.4 Å². The van der Waals surface area contributed by atoms with Gasteiger partial charge in [0.25, 0.3) is 11.8 Å². The summed E-state index contributed by atoms with van der Waals surface area (Å²) in [6, 6.07) is 12.0. The highest BCUT2D eigenvalue weighted by Crippen LogP contribution is 2.26. The highest BCUT2D eigenvalue weighted by Gasteiger charge is 2.21. The second kappa shape index (κ2) is 9.79. The summed E-state index contributed by atoms with van der Waals surface area (Å²) in [5.41, 5.74) is 0.942. The molecule has 0 aromatic heterocycles. The van der Waals surface area contributed by atoms with Crippen LogP contribution in [0.15, 0.2) is 42.5 Å². The molecule has 1 heterocycles. The van der Waals surface area contributed by atoms with E-state index in [1.165, 1.54) is 14.2 Å². The summed E-state index contributed by atoms with van der Waals surface area (Å²) in [6.07, 6.45) is 0. The lowest BCUT2D eigenvalue weighted by Crippen LogP contribution is -2.40. The number of benzene rings is 2. The molecule has 1 aliphatic rings. The molecule has 1 saturated heterocycles. The molecular formula is C21H24N2O6. The molecule has 0 unspecified atom stereocenters. The number of morpholine rings is 1. The number of ether oxygens (including phenoxy) is 4. The molecule has 0 saturated carbocycles. The number of anilines is 1. The molecule has 8 heteroatoms. The van der Waals surface area contributed by atoms with Gasteiger partial charge in [-0.3, -0.25) is 9.59 Å². The topological polar surface area (TPSA) is 86.3 Å². The van der Waals surface area contributed by atoms with Crippen LogP contribution < -0.4 is 19.5 Å². The summed E-state index contributed by atoms with van der Waals surface area (Å²) in [5, 5.41) is 2.74. The SMILES string of the molecule is COc1cc(NC(=O)COc2ccccc2C(=O)N2CCOCC2)cc(OC)c1. The van der Waals surface area contributed by atoms with Crippen LogP contribution in [0.4, 0.5) is 5.69 Å². The van der Waals surface area contributed by atoms with Crippen molar-refractivity contribution in [3.63, 3.8) is 0 Å². The van der Waals surface area contributed by atoms with Gasteiger partial charge < -0.3 is 29.2 Å². The van der Waals surface area contributed by atoms with Crippen LogP contribution in [0.25, 0.3) is 0 Å². The molecule has 2 aromatic rings. The van der Waals surface area contributed by atoms with Gasteiger partial charge in [0.15, 0.2) is 6.61 Å². The van der Waals surface area contributed by atoms with Gasteiger partial charge in [-0.2, -0.15) is 0 Å². The number of amides is 2. The summed E-state index contributed by atoms with van der Waals surface area (Å²) >= 11 is 0. The first kappa shape index (κ1) is 20.5. The van der Waals surface area contributed by atoms with Gasteiger partial charge in [-0.15, -0.1) is 0 Å². The van der Waals surface area contributed by atoms with Crippen molar-refractivity contribution in [1.82, 2.24) is 4.90 Å². The van der Waals surface area contributed by atoms with Crippen molar-refractivity contribution in [1.29, 1.82) is 0 Å². The van der Waals surface area contributed by atoms with E-state index in [1.54, 1.807) is 47.4 Å². The largest absolute Gasteiger partial charge is 0.497 e. The Bertz CT molecular complexity index is 842. The number of nitrogens with zero attached hydrogens (tertiary/aromatic N) is 1. The first-order valence-electron chi connectivity index (χ1n) is 9.22. The molecule has 29 heavy (non-hydrogen) atoms. The second-order valence-electron chi connectivity index (χ2n) is 6.34. The summed E-state index contributed by atoms with van der Waals surface area (Å²) in [5.74, 6) is 0.974. The molecule has 3 rings (SSSR count). The number of hydrogen-bond donors (Lipinski definition) is 1. The quantitative estimate of drug-likeness (QED) is 0.767. The summed E-state index contributed by atoms with van der Waals surface area (Å²) in [4.78, 5) is 26.8. The van der Waals surface area contributed by atoms with E-state index in [1.807, 2.05) is 0 Å². The molecule has 2 amide bonds. The van der Waals surface area contributed by atoms with Gasteiger partial charge in [-0.05, 0) is 12.1 Å². The standard InChI is InChI=1S/C21H24N2O6/c1-26-16-11-15(12-17(13-16)27-2)22-20(24)14-29-19-6-4-3-5-18(19)21(25)23-7-9-28-10-8-23/h3-6,11-13H,7-10,14H2,1-2H3,(H,22,24). The highest BCUT2D eigenvalue weighted by molar-refractivity contribution is 5.97. The molecule has 0 radical (unpaired) electrons. The number of nitrogens with one attached hydrogen (secondary N) is 1. The van der Waals surface area contributed by atoms with E-state index in [0.29, 0.717) is 54.8 Å². The number of rotatable bonds is 7. The lowest BCUT2D eigenvalue weighted by molar-refractivity contribution is -0.118. The van der Waals surface area contributed by atoms with E-state index in [4.69, 9.17) is 18.9 Å². The van der Waals surface area contributed by atoms with Crippen molar-refractivity contribution in [2.45, 2.75) is 0 Å². The van der Waals surface area contributed by atoms with Crippen LogP contribution in [0.2, 0.25) is 0 Å². The number of methoxy groups -OCH3 is 2. The lowest BCUT2D eigenvalue weighted by Gasteiger charge is -2.27. The number of hydrogen-bond acceptors (Lipinski definition) is 6. The average Bonchev–Trinajstić information content (AvgIpc) is 2.77. The van der Waals surface area contributed by atoms with Crippen LogP contribution in [-0.2, 0) is 9.53 Å². The van der Waals surface area contributed by atoms with E-state index in [-0.39, 0.29) is 18.4 Å². The maximum absolute atomic E-state index is 12.8. The molecular weight excluding hydrogens is 376 g/mol. The molecule has 8 nitrogen and oxygen atoms in total. The van der Waals surface area contributed by atoms with Gasteiger partial charge in [0, 0.05) is 37.0 Å². The zero-order valence-electron chi connectivity index (χ0n) is 16.5. The summed E-state index contributed by atoms with van der Waals surface area (Å²) in [7, 11) is 3.07. The predicted octanol–water partition coefficient (Wildman–Crippen LogP) is 2.19. The van der Waals surface area contributed by atoms with E-state index in [9.17, 15) is 9.59 Å². The van der Waals surface area contributed by atoms with Gasteiger partial charge in [-0.25, -0.2) is 0 Å². The Morgan fingerprint density at radius 2 is 1.69 bits per heavy atom. The molecule has 1 fully saturated rings. The number of carbonyl (C=O) groups is 2. The van der Waals surface area contributed by atoms with Crippen molar-refractivity contribution in [2.24, 2.45) is 0 Å². The monoisotopic (exact) mass is 400 g/mol. The number of para-hydroxylation sites is 1. The number of carbonyl (C=O) groups excluding carboxylic acids is 2. The minimum atomic E-state index is -0.367. The fraction of sp³-hybridized carbons (Fsp3) is 0.333. The van der Waals surface area contributed by atoms with Crippen molar-refractivity contribution in [3.8, 4) is 17.2 Å². The van der Waals surface area contributed by atoms with E-state index >= 15 is 0 Å². The van der Waals surface area contributed by atoms with E-state index < -0.39 is 0 Å². The lowest BCUT2D eigenvalue weighted by atomic mass is 10.1. The van der Waals surface area contributed by atoms with Gasteiger partial charge >= 0.3 is 0 Å². The first-order chi connectivity index (χ1) is 14.1. The van der Waals surface area contributed by atoms with Gasteiger partial charge in [0.2, 0.25) is 0 Å². The molecule has 0 aliphatic carbocycles. The molecule has 1 aliphatic heterocycles. The first-order valence-corrected chi connectivity index (χ1v) is 9.22. The van der Waals surface area contributed by atoms with Gasteiger partial charge in [-0.1, -0.05) is 12.1 Å². The van der Waals surface area contributed by atoms with E-state index in [0.717, 1.165) is 0 Å². The average molecular weight is 400 g/mol. The van der Waals surface area contributed by atoms with Crippen molar-refractivity contribution in [3.05, 3.63) is 48.0 Å². The summed E-state index contributed by atoms with van der Waals surface area (Å²) in [6.45, 7) is 1.85. The smallest absolute Gasteiger partial charge is 0.262 e. The van der Waals surface area contributed by atoms with Gasteiger partial charge in [0.05, 0.1) is 33.0 Å². The highest BCUT2D eigenvalue weighted by atomic mass is 16.5. The maximum Gasteiger partial charge on any atom is 0.262 e. The minimum absolute atomic E-state index is 0.137. The van der Waals surface area contributed by atoms with Crippen LogP contribution in [0, 0.1) is 0 Å². The molecule has 0 spiro atoms. The fourth-order valence-corrected chi connectivity index (χ4v) is 2.93. The Morgan fingerprint density at radius 1 is 1.03 bits per heavy atom. The molecule has 2 aromatic carbocycles. The third-order valence-corrected chi connectivity index (χ3v) is 4.41. The Morgan fingerprint density at radius 3 is 2.34 bits per heavy atom. The zero-order chi connectivity index (χ0) is 20.6. The van der Waals surface area contributed by atoms with Crippen LogP contribution >= 0.6 is 0 Å². The normalized spacial score (nSPS) is 13.5. The zero-order valence-corrected chi connectivity index (χ0v) is 16.5. The van der Waals surface area contributed by atoms with Crippen LogP contribution in [0.5, 0.6) is 17.2 Å². The maximum atomic E-state index is 12.8. The molecule has 0 bridgehead atoms. The summed E-state index contributed by atoms with van der Waals surface area (Å²) < 4.78 is 21.3. The third kappa shape index (κ3) is 5.39. The third-order valence-electron chi connectivity index (χ3n) is 4.41. The van der Waals surface area contributed by atoms with Crippen molar-refractivity contribution in [2.75, 3.05) is 52.4 Å². The van der Waals surface area contributed by atoms with Crippen LogP contribution in [-0.4, -0.2) is 63.8 Å². The Balaban J connectivity index is 1.64. The molecule has 154 valence electrons. The van der Waals surface area contributed by atoms with Crippen LogP contribution in [0.3, 0.4) is 0 Å². The predicted molar refractivity (Wildman–Crippen MR) is 107 cm³/mol. The Labute approximate surface area is 169 Å². The fourth-order valence-electron chi connectivity index (χ4n) is 2.93. The van der Waals surface area contributed by atoms with Crippen molar-refractivity contribution < 1.29 is 28.5 Å². The minimum Gasteiger partial charge on any atom is -0.497 e. The Hall–Kier alpha value is -3.26. The molecule has 0 atom stereocenters. The van der Waals surface area contributed by atoms with Gasteiger partial charge in [0.1, 0.15) is 17.2 Å².